The third-order valence-corrected chi connectivity index (χ3v) is 7.42. The van der Waals surface area contributed by atoms with Crippen LogP contribution >= 0.6 is 0 Å². The zero-order chi connectivity index (χ0) is 31.1. The molecule has 0 spiro atoms. The SMILES string of the molecule is C/C=C/CCc1ccc(C2=CCC(C(=O)Oc3ccc(-c4ccc(OCCCC)c(F)c4F)c(F)c3F)CC2)c(F)c1F. The van der Waals surface area contributed by atoms with Gasteiger partial charge in [0.2, 0.25) is 11.6 Å². The van der Waals surface area contributed by atoms with Gasteiger partial charge in [0.05, 0.1) is 12.5 Å². The highest BCUT2D eigenvalue weighted by Crippen LogP contribution is 2.37. The lowest BCUT2D eigenvalue weighted by atomic mass is 9.86. The first-order valence-corrected chi connectivity index (χ1v) is 14.3. The average Bonchev–Trinajstić information content (AvgIpc) is 3.00. The number of aryl methyl sites for hydroxylation is 1. The van der Waals surface area contributed by atoms with Crippen molar-refractivity contribution in [3.63, 3.8) is 0 Å². The van der Waals surface area contributed by atoms with Crippen LogP contribution in [0.3, 0.4) is 0 Å². The summed E-state index contributed by atoms with van der Waals surface area (Å²) in [5.41, 5.74) is -0.140. The number of hydrogen-bond acceptors (Lipinski definition) is 3. The number of rotatable bonds is 11. The standard InChI is InChI=1S/C34H32F6O3/c1-3-5-7-8-21-13-14-23(29(36)28(21)35)20-9-11-22(12-10-20)34(41)43-27-18-16-25(31(38)33(27)40)24-15-17-26(32(39)30(24)37)42-19-6-4-2/h3,5,9,13-18,22H,4,6-8,10-12,19H2,1-2H3/b5-3+. The van der Waals surface area contributed by atoms with Crippen molar-refractivity contribution in [1.82, 2.24) is 0 Å². The zero-order valence-corrected chi connectivity index (χ0v) is 23.9. The average molecular weight is 603 g/mol. The monoisotopic (exact) mass is 602 g/mol. The third-order valence-electron chi connectivity index (χ3n) is 7.42. The van der Waals surface area contributed by atoms with Crippen molar-refractivity contribution < 1.29 is 40.6 Å². The molecule has 3 aromatic carbocycles. The summed E-state index contributed by atoms with van der Waals surface area (Å²) in [6, 6.07) is 7.26. The summed E-state index contributed by atoms with van der Waals surface area (Å²) in [5, 5.41) is 0. The lowest BCUT2D eigenvalue weighted by molar-refractivity contribution is -0.139. The van der Waals surface area contributed by atoms with Crippen molar-refractivity contribution in [3.8, 4) is 22.6 Å². The lowest BCUT2D eigenvalue weighted by Gasteiger charge is -2.22. The number of carbonyl (C=O) groups is 1. The third kappa shape index (κ3) is 7.14. The summed E-state index contributed by atoms with van der Waals surface area (Å²) in [5.74, 6) is -10.2. The fourth-order valence-corrected chi connectivity index (χ4v) is 4.92. The predicted octanol–water partition coefficient (Wildman–Crippen LogP) is 9.66. The van der Waals surface area contributed by atoms with Crippen LogP contribution in [0.2, 0.25) is 0 Å². The van der Waals surface area contributed by atoms with E-state index in [-0.39, 0.29) is 42.7 Å². The smallest absolute Gasteiger partial charge is 0.314 e. The molecule has 0 saturated carbocycles. The van der Waals surface area contributed by atoms with Crippen LogP contribution in [0.5, 0.6) is 11.5 Å². The van der Waals surface area contributed by atoms with E-state index in [4.69, 9.17) is 9.47 Å². The Labute approximate surface area is 246 Å². The molecule has 4 rings (SSSR count). The molecule has 0 N–H and O–H groups in total. The molecule has 0 amide bonds. The zero-order valence-electron chi connectivity index (χ0n) is 23.9. The highest BCUT2D eigenvalue weighted by Gasteiger charge is 2.28. The van der Waals surface area contributed by atoms with Crippen LogP contribution in [-0.4, -0.2) is 12.6 Å². The minimum atomic E-state index is -1.53. The van der Waals surface area contributed by atoms with Gasteiger partial charge in [-0.25, -0.2) is 17.6 Å². The van der Waals surface area contributed by atoms with Gasteiger partial charge in [-0.05, 0) is 80.9 Å². The highest BCUT2D eigenvalue weighted by molar-refractivity contribution is 5.78. The number of carbonyl (C=O) groups excluding carboxylic acids is 1. The fraction of sp³-hybridized carbons (Fsp3) is 0.324. The van der Waals surface area contributed by atoms with Crippen LogP contribution in [-0.2, 0) is 11.2 Å². The predicted molar refractivity (Wildman–Crippen MR) is 153 cm³/mol. The first-order chi connectivity index (χ1) is 20.7. The Hall–Kier alpha value is -4.01. The van der Waals surface area contributed by atoms with Crippen LogP contribution in [0.4, 0.5) is 26.3 Å². The quantitative estimate of drug-likeness (QED) is 0.0721. The summed E-state index contributed by atoms with van der Waals surface area (Å²) in [7, 11) is 0. The first kappa shape index (κ1) is 31.9. The Bertz CT molecular complexity index is 1550. The van der Waals surface area contributed by atoms with E-state index >= 15 is 0 Å². The molecule has 0 radical (unpaired) electrons. The molecule has 0 saturated heterocycles. The summed E-state index contributed by atoms with van der Waals surface area (Å²) < 4.78 is 98.8. The van der Waals surface area contributed by atoms with Crippen LogP contribution in [0, 0.1) is 40.8 Å². The van der Waals surface area contributed by atoms with E-state index in [1.807, 2.05) is 26.0 Å². The van der Waals surface area contributed by atoms with Gasteiger partial charge >= 0.3 is 5.97 Å². The maximum absolute atomic E-state index is 15.0. The molecule has 1 aliphatic rings. The molecule has 1 aliphatic carbocycles. The second-order valence-corrected chi connectivity index (χ2v) is 10.3. The number of hydrogen-bond donors (Lipinski definition) is 0. The Morgan fingerprint density at radius 2 is 1.47 bits per heavy atom. The summed E-state index contributed by atoms with van der Waals surface area (Å²) in [6.07, 6.45) is 8.27. The number of benzene rings is 3. The molecule has 1 unspecified atom stereocenters. The largest absolute Gasteiger partial charge is 0.490 e. The summed E-state index contributed by atoms with van der Waals surface area (Å²) >= 11 is 0. The lowest BCUT2D eigenvalue weighted by Crippen LogP contribution is -2.23. The fourth-order valence-electron chi connectivity index (χ4n) is 4.92. The van der Waals surface area contributed by atoms with E-state index in [9.17, 15) is 31.1 Å². The molecule has 0 bridgehead atoms. The Kier molecular flexibility index (Phi) is 10.7. The van der Waals surface area contributed by atoms with E-state index in [0.29, 0.717) is 24.8 Å². The minimum absolute atomic E-state index is 0.118. The van der Waals surface area contributed by atoms with Gasteiger partial charge in [-0.2, -0.15) is 8.78 Å². The number of halogens is 6. The van der Waals surface area contributed by atoms with Gasteiger partial charge in [0.15, 0.2) is 34.8 Å². The van der Waals surface area contributed by atoms with E-state index in [1.54, 1.807) is 12.1 Å². The normalized spacial score (nSPS) is 15.1. The van der Waals surface area contributed by atoms with Crippen LogP contribution in [0.15, 0.2) is 54.6 Å². The Balaban J connectivity index is 1.45. The van der Waals surface area contributed by atoms with Crippen molar-refractivity contribution in [2.45, 2.75) is 58.8 Å². The minimum Gasteiger partial charge on any atom is -0.490 e. The highest BCUT2D eigenvalue weighted by atomic mass is 19.2. The number of ether oxygens (including phenoxy) is 2. The molecule has 9 heteroatoms. The molecule has 0 aliphatic heterocycles. The van der Waals surface area contributed by atoms with E-state index in [0.717, 1.165) is 30.7 Å². The van der Waals surface area contributed by atoms with Gasteiger partial charge in [0, 0.05) is 16.7 Å². The van der Waals surface area contributed by atoms with Gasteiger partial charge in [0.25, 0.3) is 0 Å². The van der Waals surface area contributed by atoms with Crippen LogP contribution in [0.1, 0.15) is 63.5 Å². The number of allylic oxidation sites excluding steroid dienone is 4. The second-order valence-electron chi connectivity index (χ2n) is 10.3. The van der Waals surface area contributed by atoms with E-state index in [2.05, 4.69) is 0 Å². The Morgan fingerprint density at radius 1 is 0.837 bits per heavy atom. The molecule has 0 aromatic heterocycles. The molecule has 3 nitrogen and oxygen atoms in total. The second kappa shape index (κ2) is 14.4. The topological polar surface area (TPSA) is 35.5 Å². The summed E-state index contributed by atoms with van der Waals surface area (Å²) in [4.78, 5) is 12.8. The van der Waals surface area contributed by atoms with Gasteiger partial charge < -0.3 is 9.47 Å². The van der Waals surface area contributed by atoms with Gasteiger partial charge in [-0.15, -0.1) is 0 Å². The molecule has 0 fully saturated rings. The molecule has 43 heavy (non-hydrogen) atoms. The number of esters is 1. The molecular formula is C34H32F6O3. The van der Waals surface area contributed by atoms with Gasteiger partial charge in [-0.1, -0.05) is 43.7 Å². The molecule has 3 aromatic rings. The molecular weight excluding hydrogens is 570 g/mol. The van der Waals surface area contributed by atoms with Crippen LogP contribution in [0.25, 0.3) is 16.7 Å². The van der Waals surface area contributed by atoms with Crippen molar-refractivity contribution >= 4 is 11.5 Å². The molecule has 0 heterocycles. The van der Waals surface area contributed by atoms with Crippen molar-refractivity contribution in [1.29, 1.82) is 0 Å². The Morgan fingerprint density at radius 3 is 2.09 bits per heavy atom. The number of unbranched alkanes of at least 4 members (excludes halogenated alkanes) is 1. The van der Waals surface area contributed by atoms with Crippen molar-refractivity contribution in [2.24, 2.45) is 5.92 Å². The molecule has 228 valence electrons. The maximum Gasteiger partial charge on any atom is 0.314 e. The van der Waals surface area contributed by atoms with Gasteiger partial charge in [-0.3, -0.25) is 4.79 Å². The van der Waals surface area contributed by atoms with Crippen LogP contribution < -0.4 is 9.47 Å². The first-order valence-electron chi connectivity index (χ1n) is 14.3. The summed E-state index contributed by atoms with van der Waals surface area (Å²) in [6.45, 7) is 3.93. The molecule has 1 atom stereocenters. The van der Waals surface area contributed by atoms with Gasteiger partial charge in [0.1, 0.15) is 0 Å². The van der Waals surface area contributed by atoms with E-state index in [1.165, 1.54) is 6.07 Å². The maximum atomic E-state index is 15.0. The van der Waals surface area contributed by atoms with E-state index < -0.39 is 63.7 Å². The van der Waals surface area contributed by atoms with Crippen molar-refractivity contribution in [2.75, 3.05) is 6.61 Å². The van der Waals surface area contributed by atoms with Crippen molar-refractivity contribution in [3.05, 3.63) is 101 Å².